The standard InChI is InChI=1S/C25H20F2N2O2/c1-15(2)16-9-13-19(14-10-16)28-23-22(17-7-11-18(26)12-8-17)24(30)29(25(23)31)21-6-4-3-5-20(21)27/h3-15,28H,1-2H3. The molecule has 4 rings (SSSR count). The highest BCUT2D eigenvalue weighted by molar-refractivity contribution is 6.46. The number of hydrogen-bond acceptors (Lipinski definition) is 3. The van der Waals surface area contributed by atoms with Crippen molar-refractivity contribution in [3.05, 3.63) is 101 Å². The van der Waals surface area contributed by atoms with E-state index in [1.807, 2.05) is 24.3 Å². The first-order valence-electron chi connectivity index (χ1n) is 9.87. The number of rotatable bonds is 5. The molecule has 0 bridgehead atoms. The molecular weight excluding hydrogens is 398 g/mol. The highest BCUT2D eigenvalue weighted by Gasteiger charge is 2.41. The first kappa shape index (κ1) is 20.5. The Morgan fingerprint density at radius 3 is 2.06 bits per heavy atom. The fourth-order valence-corrected chi connectivity index (χ4v) is 3.48. The number of imide groups is 1. The molecule has 1 aliphatic rings. The molecular formula is C25H20F2N2O2. The van der Waals surface area contributed by atoms with Crippen LogP contribution in [0.2, 0.25) is 0 Å². The monoisotopic (exact) mass is 418 g/mol. The Hall–Kier alpha value is -3.80. The zero-order chi connectivity index (χ0) is 22.1. The summed E-state index contributed by atoms with van der Waals surface area (Å²) in [5.74, 6) is -2.17. The van der Waals surface area contributed by atoms with Gasteiger partial charge in [-0.3, -0.25) is 9.59 Å². The molecule has 1 N–H and O–H groups in total. The summed E-state index contributed by atoms with van der Waals surface area (Å²) < 4.78 is 27.9. The van der Waals surface area contributed by atoms with Gasteiger partial charge in [0.2, 0.25) is 0 Å². The number of nitrogens with zero attached hydrogens (tertiary/aromatic N) is 1. The molecule has 0 saturated heterocycles. The maximum absolute atomic E-state index is 14.4. The zero-order valence-corrected chi connectivity index (χ0v) is 17.0. The SMILES string of the molecule is CC(C)c1ccc(NC2=C(c3ccc(F)cc3)C(=O)N(c3ccccc3F)C2=O)cc1. The van der Waals surface area contributed by atoms with E-state index in [0.29, 0.717) is 17.2 Å². The Kier molecular flexibility index (Phi) is 5.38. The van der Waals surface area contributed by atoms with Gasteiger partial charge in [0.05, 0.1) is 11.3 Å². The van der Waals surface area contributed by atoms with Gasteiger partial charge < -0.3 is 5.32 Å². The Morgan fingerprint density at radius 2 is 1.45 bits per heavy atom. The van der Waals surface area contributed by atoms with Crippen molar-refractivity contribution in [1.82, 2.24) is 0 Å². The summed E-state index contributed by atoms with van der Waals surface area (Å²) in [5.41, 5.74) is 2.03. The van der Waals surface area contributed by atoms with Crippen LogP contribution < -0.4 is 10.2 Å². The fraction of sp³-hybridized carbons (Fsp3) is 0.120. The molecule has 1 heterocycles. The predicted molar refractivity (Wildman–Crippen MR) is 116 cm³/mol. The van der Waals surface area contributed by atoms with Gasteiger partial charge in [-0.1, -0.05) is 50.2 Å². The number of carbonyl (C=O) groups excluding carboxylic acids is 2. The number of benzene rings is 3. The molecule has 31 heavy (non-hydrogen) atoms. The van der Waals surface area contributed by atoms with Gasteiger partial charge in [0.25, 0.3) is 11.8 Å². The molecule has 6 heteroatoms. The number of halogens is 2. The van der Waals surface area contributed by atoms with E-state index in [1.54, 1.807) is 6.07 Å². The molecule has 0 aromatic heterocycles. The predicted octanol–water partition coefficient (Wildman–Crippen LogP) is 5.48. The second-order valence-corrected chi connectivity index (χ2v) is 7.56. The Labute approximate surface area is 178 Å². The van der Waals surface area contributed by atoms with Gasteiger partial charge in [-0.15, -0.1) is 0 Å². The first-order chi connectivity index (χ1) is 14.9. The van der Waals surface area contributed by atoms with Crippen LogP contribution in [-0.4, -0.2) is 11.8 Å². The van der Waals surface area contributed by atoms with Crippen LogP contribution in [0.15, 0.2) is 78.5 Å². The van der Waals surface area contributed by atoms with E-state index < -0.39 is 23.4 Å². The van der Waals surface area contributed by atoms with Crippen LogP contribution in [0.1, 0.15) is 30.9 Å². The maximum Gasteiger partial charge on any atom is 0.282 e. The fourth-order valence-electron chi connectivity index (χ4n) is 3.48. The van der Waals surface area contributed by atoms with Crippen molar-refractivity contribution >= 4 is 28.8 Å². The van der Waals surface area contributed by atoms with E-state index in [2.05, 4.69) is 19.2 Å². The Balaban J connectivity index is 1.79. The van der Waals surface area contributed by atoms with Gasteiger partial charge in [-0.2, -0.15) is 0 Å². The molecule has 0 fully saturated rings. The molecule has 0 atom stereocenters. The average Bonchev–Trinajstić information content (AvgIpc) is 2.99. The maximum atomic E-state index is 14.4. The van der Waals surface area contributed by atoms with Crippen LogP contribution in [-0.2, 0) is 9.59 Å². The van der Waals surface area contributed by atoms with Crippen molar-refractivity contribution in [3.8, 4) is 0 Å². The molecule has 4 nitrogen and oxygen atoms in total. The van der Waals surface area contributed by atoms with E-state index in [0.717, 1.165) is 10.5 Å². The minimum atomic E-state index is -0.690. The van der Waals surface area contributed by atoms with E-state index in [1.165, 1.54) is 42.5 Å². The molecule has 0 aliphatic carbocycles. The summed E-state index contributed by atoms with van der Waals surface area (Å²) >= 11 is 0. The molecule has 156 valence electrons. The number of hydrogen-bond donors (Lipinski definition) is 1. The molecule has 3 aromatic rings. The van der Waals surface area contributed by atoms with Crippen molar-refractivity contribution in [1.29, 1.82) is 0 Å². The summed E-state index contributed by atoms with van der Waals surface area (Å²) in [7, 11) is 0. The number of anilines is 2. The molecule has 2 amide bonds. The molecule has 0 radical (unpaired) electrons. The van der Waals surface area contributed by atoms with Gasteiger partial charge in [0, 0.05) is 5.69 Å². The smallest absolute Gasteiger partial charge is 0.282 e. The van der Waals surface area contributed by atoms with Gasteiger partial charge >= 0.3 is 0 Å². The molecule has 0 unspecified atom stereocenters. The van der Waals surface area contributed by atoms with Crippen LogP contribution in [0.3, 0.4) is 0 Å². The van der Waals surface area contributed by atoms with Gasteiger partial charge in [0.1, 0.15) is 17.3 Å². The van der Waals surface area contributed by atoms with Gasteiger partial charge in [-0.25, -0.2) is 13.7 Å². The second kappa shape index (κ2) is 8.14. The second-order valence-electron chi connectivity index (χ2n) is 7.56. The Morgan fingerprint density at radius 1 is 0.806 bits per heavy atom. The van der Waals surface area contributed by atoms with E-state index in [4.69, 9.17) is 0 Å². The topological polar surface area (TPSA) is 49.4 Å². The van der Waals surface area contributed by atoms with Gasteiger partial charge in [0.15, 0.2) is 0 Å². The first-order valence-corrected chi connectivity index (χ1v) is 9.87. The third kappa shape index (κ3) is 3.84. The minimum absolute atomic E-state index is 0.0113. The van der Waals surface area contributed by atoms with Crippen LogP contribution in [0, 0.1) is 11.6 Å². The molecule has 3 aromatic carbocycles. The lowest BCUT2D eigenvalue weighted by Crippen LogP contribution is -2.33. The summed E-state index contributed by atoms with van der Waals surface area (Å²) in [6, 6.07) is 18.3. The number of para-hydroxylation sites is 1. The van der Waals surface area contributed by atoms with Crippen molar-refractivity contribution in [2.24, 2.45) is 0 Å². The highest BCUT2D eigenvalue weighted by atomic mass is 19.1. The summed E-state index contributed by atoms with van der Waals surface area (Å²) in [4.78, 5) is 27.3. The van der Waals surface area contributed by atoms with Crippen molar-refractivity contribution in [2.45, 2.75) is 19.8 Å². The van der Waals surface area contributed by atoms with Crippen LogP contribution in [0.4, 0.5) is 20.2 Å². The molecule has 1 aliphatic heterocycles. The quantitative estimate of drug-likeness (QED) is 0.558. The van der Waals surface area contributed by atoms with Crippen molar-refractivity contribution in [2.75, 3.05) is 10.2 Å². The third-order valence-electron chi connectivity index (χ3n) is 5.16. The molecule has 0 saturated carbocycles. The van der Waals surface area contributed by atoms with E-state index >= 15 is 0 Å². The van der Waals surface area contributed by atoms with Crippen LogP contribution in [0.5, 0.6) is 0 Å². The van der Waals surface area contributed by atoms with Gasteiger partial charge in [-0.05, 0) is 53.4 Å². The lowest BCUT2D eigenvalue weighted by Gasteiger charge is -2.16. The lowest BCUT2D eigenvalue weighted by atomic mass is 10.0. The Bertz CT molecular complexity index is 1180. The number of nitrogens with one attached hydrogen (secondary N) is 1. The van der Waals surface area contributed by atoms with E-state index in [-0.39, 0.29) is 17.0 Å². The number of amides is 2. The number of carbonyl (C=O) groups is 2. The minimum Gasteiger partial charge on any atom is -0.350 e. The van der Waals surface area contributed by atoms with Crippen LogP contribution >= 0.6 is 0 Å². The largest absolute Gasteiger partial charge is 0.350 e. The van der Waals surface area contributed by atoms with Crippen molar-refractivity contribution < 1.29 is 18.4 Å². The lowest BCUT2D eigenvalue weighted by molar-refractivity contribution is -0.120. The van der Waals surface area contributed by atoms with Crippen LogP contribution in [0.25, 0.3) is 5.57 Å². The third-order valence-corrected chi connectivity index (χ3v) is 5.16. The summed E-state index contributed by atoms with van der Waals surface area (Å²) in [5, 5.41) is 3.02. The average molecular weight is 418 g/mol. The normalized spacial score (nSPS) is 14.0. The molecule has 0 spiro atoms. The summed E-state index contributed by atoms with van der Waals surface area (Å²) in [6.07, 6.45) is 0. The highest BCUT2D eigenvalue weighted by Crippen LogP contribution is 2.35. The van der Waals surface area contributed by atoms with E-state index in [9.17, 15) is 18.4 Å². The zero-order valence-electron chi connectivity index (χ0n) is 17.0. The summed E-state index contributed by atoms with van der Waals surface area (Å²) in [6.45, 7) is 4.14. The van der Waals surface area contributed by atoms with Crippen molar-refractivity contribution in [3.63, 3.8) is 0 Å².